The molecule has 5 rings (SSSR count). The van der Waals surface area contributed by atoms with Gasteiger partial charge in [0, 0.05) is 16.8 Å². The molecule has 6 atom stereocenters. The van der Waals surface area contributed by atoms with E-state index in [0.29, 0.717) is 13.0 Å². The zero-order chi connectivity index (χ0) is 30.5. The molecule has 226 valence electrons. The van der Waals surface area contributed by atoms with Gasteiger partial charge in [-0.3, -0.25) is 14.4 Å². The zero-order valence-electron chi connectivity index (χ0n) is 25.6. The van der Waals surface area contributed by atoms with Crippen LogP contribution in [0.2, 0.25) is 0 Å². The second-order valence-corrected chi connectivity index (χ2v) is 16.3. The Balaban J connectivity index is 1.53. The molecule has 3 amide bonds. The van der Waals surface area contributed by atoms with Gasteiger partial charge in [0.05, 0.1) is 29.2 Å². The van der Waals surface area contributed by atoms with E-state index >= 15 is 0 Å². The predicted molar refractivity (Wildman–Crippen MR) is 166 cm³/mol. The van der Waals surface area contributed by atoms with E-state index in [4.69, 9.17) is 0 Å². The van der Waals surface area contributed by atoms with E-state index in [1.165, 1.54) is 0 Å². The van der Waals surface area contributed by atoms with Gasteiger partial charge in [-0.1, -0.05) is 81.4 Å². The van der Waals surface area contributed by atoms with Gasteiger partial charge in [0.1, 0.15) is 6.04 Å². The van der Waals surface area contributed by atoms with E-state index in [2.05, 4.69) is 38.3 Å². The van der Waals surface area contributed by atoms with Crippen LogP contribution < -0.4 is 10.6 Å². The maximum absolute atomic E-state index is 14.6. The molecule has 7 nitrogen and oxygen atoms in total. The van der Waals surface area contributed by atoms with Gasteiger partial charge in [0.15, 0.2) is 0 Å². The van der Waals surface area contributed by atoms with Crippen LogP contribution in [0.25, 0.3) is 0 Å². The van der Waals surface area contributed by atoms with Crippen molar-refractivity contribution >= 4 is 29.5 Å². The number of nitrogens with one attached hydrogen (secondary N) is 2. The number of likely N-dealkylation sites (tertiary alicyclic amines) is 1. The fraction of sp³-hybridized carbons (Fsp3) is 0.559. The van der Waals surface area contributed by atoms with Crippen LogP contribution in [0, 0.1) is 17.3 Å². The molecule has 1 spiro atoms. The van der Waals surface area contributed by atoms with Crippen molar-refractivity contribution in [2.24, 2.45) is 17.3 Å². The first-order valence-corrected chi connectivity index (χ1v) is 15.8. The molecule has 42 heavy (non-hydrogen) atoms. The predicted octanol–water partition coefficient (Wildman–Crippen LogP) is 4.85. The molecule has 0 aliphatic carbocycles. The van der Waals surface area contributed by atoms with Crippen molar-refractivity contribution in [3.63, 3.8) is 0 Å². The summed E-state index contributed by atoms with van der Waals surface area (Å²) in [6.45, 7) is 12.6. The van der Waals surface area contributed by atoms with Gasteiger partial charge in [0.25, 0.3) is 0 Å². The Hall–Kier alpha value is -2.84. The number of aliphatic hydroxyl groups is 1. The number of benzene rings is 2. The summed E-state index contributed by atoms with van der Waals surface area (Å²) in [5, 5.41) is 17.1. The minimum Gasteiger partial charge on any atom is -0.394 e. The Labute approximate surface area is 254 Å². The summed E-state index contributed by atoms with van der Waals surface area (Å²) in [6, 6.07) is 17.6. The molecule has 2 aromatic rings. The fourth-order valence-corrected chi connectivity index (χ4v) is 10.4. The average Bonchev–Trinajstić information content (AvgIpc) is 3.48. The van der Waals surface area contributed by atoms with Crippen molar-refractivity contribution in [3.05, 3.63) is 71.8 Å². The van der Waals surface area contributed by atoms with E-state index in [-0.39, 0.29) is 29.7 Å². The Kier molecular flexibility index (Phi) is 8.03. The molecule has 3 aliphatic heterocycles. The van der Waals surface area contributed by atoms with Gasteiger partial charge in [-0.05, 0) is 56.6 Å². The number of thioether (sulfide) groups is 1. The van der Waals surface area contributed by atoms with Crippen molar-refractivity contribution in [1.29, 1.82) is 0 Å². The average molecular weight is 592 g/mol. The molecule has 0 radical (unpaired) electrons. The molecular formula is C34H45N3O4S. The number of nitrogens with zero attached hydrogens (tertiary/aromatic N) is 1. The summed E-state index contributed by atoms with van der Waals surface area (Å²) in [5.41, 5.74) is 1.23. The minimum absolute atomic E-state index is 0.0174. The van der Waals surface area contributed by atoms with Crippen LogP contribution >= 0.6 is 11.8 Å². The third kappa shape index (κ3) is 5.48. The van der Waals surface area contributed by atoms with E-state index in [9.17, 15) is 19.5 Å². The van der Waals surface area contributed by atoms with Crippen LogP contribution in [0.5, 0.6) is 0 Å². The first kappa shape index (κ1) is 30.6. The Morgan fingerprint density at radius 3 is 2.21 bits per heavy atom. The van der Waals surface area contributed by atoms with Gasteiger partial charge < -0.3 is 20.6 Å². The topological polar surface area (TPSA) is 98.7 Å². The highest BCUT2D eigenvalue weighted by Gasteiger charge is 2.77. The summed E-state index contributed by atoms with van der Waals surface area (Å²) < 4.78 is -1.22. The van der Waals surface area contributed by atoms with Crippen LogP contribution in [0.3, 0.4) is 0 Å². The number of carbonyl (C=O) groups is 3. The molecule has 3 aliphatic rings. The highest BCUT2D eigenvalue weighted by Crippen LogP contribution is 2.72. The van der Waals surface area contributed by atoms with E-state index in [1.54, 1.807) is 16.7 Å². The van der Waals surface area contributed by atoms with E-state index in [1.807, 2.05) is 74.5 Å². The van der Waals surface area contributed by atoms with Crippen LogP contribution in [0.4, 0.5) is 0 Å². The zero-order valence-corrected chi connectivity index (χ0v) is 26.5. The molecule has 3 fully saturated rings. The van der Waals surface area contributed by atoms with Gasteiger partial charge in [0.2, 0.25) is 17.7 Å². The van der Waals surface area contributed by atoms with Crippen LogP contribution in [-0.4, -0.2) is 55.4 Å². The maximum atomic E-state index is 14.6. The number of carbonyl (C=O) groups excluding carboxylic acids is 3. The molecule has 2 bridgehead atoms. The normalized spacial score (nSPS) is 29.4. The van der Waals surface area contributed by atoms with Gasteiger partial charge >= 0.3 is 0 Å². The monoisotopic (exact) mass is 591 g/mol. The summed E-state index contributed by atoms with van der Waals surface area (Å²) in [5.74, 6) is -1.82. The van der Waals surface area contributed by atoms with Crippen molar-refractivity contribution < 1.29 is 19.5 Å². The number of aliphatic hydroxyl groups excluding tert-OH is 1. The van der Waals surface area contributed by atoms with Crippen LogP contribution in [-0.2, 0) is 20.9 Å². The van der Waals surface area contributed by atoms with Gasteiger partial charge in [-0.2, -0.15) is 0 Å². The van der Waals surface area contributed by atoms with Crippen molar-refractivity contribution in [1.82, 2.24) is 15.5 Å². The highest BCUT2D eigenvalue weighted by molar-refractivity contribution is 8.02. The van der Waals surface area contributed by atoms with E-state index < -0.39 is 39.0 Å². The van der Waals surface area contributed by atoms with Gasteiger partial charge in [-0.15, -0.1) is 11.8 Å². The van der Waals surface area contributed by atoms with Gasteiger partial charge in [-0.25, -0.2) is 0 Å². The Morgan fingerprint density at radius 1 is 1.00 bits per heavy atom. The molecule has 0 aromatic heterocycles. The molecule has 3 heterocycles. The number of hydrogen-bond donors (Lipinski definition) is 3. The molecule has 2 unspecified atom stereocenters. The summed E-state index contributed by atoms with van der Waals surface area (Å²) in [7, 11) is 0. The number of rotatable bonds is 9. The summed E-state index contributed by atoms with van der Waals surface area (Å²) in [4.78, 5) is 44.7. The molecule has 3 saturated heterocycles. The largest absolute Gasteiger partial charge is 0.394 e. The van der Waals surface area contributed by atoms with Crippen LogP contribution in [0.15, 0.2) is 60.7 Å². The summed E-state index contributed by atoms with van der Waals surface area (Å²) >= 11 is 1.65. The number of amides is 3. The number of fused-ring (bicyclic) bond motifs is 1. The van der Waals surface area contributed by atoms with Crippen molar-refractivity contribution in [2.75, 3.05) is 6.61 Å². The second kappa shape index (κ2) is 11.0. The maximum Gasteiger partial charge on any atom is 0.244 e. The third-order valence-electron chi connectivity index (χ3n) is 9.18. The van der Waals surface area contributed by atoms with Crippen molar-refractivity contribution in [3.8, 4) is 0 Å². The minimum atomic E-state index is -0.814. The Morgan fingerprint density at radius 2 is 1.62 bits per heavy atom. The molecular weight excluding hydrogens is 546 g/mol. The van der Waals surface area contributed by atoms with Crippen molar-refractivity contribution in [2.45, 2.75) is 94.5 Å². The second-order valence-electron chi connectivity index (χ2n) is 14.4. The lowest BCUT2D eigenvalue weighted by Gasteiger charge is -2.40. The molecule has 8 heteroatoms. The first-order valence-electron chi connectivity index (χ1n) is 15.0. The SMILES string of the molecule is CC(C)(C)CC(C)(C)NC(=O)C1N([C@H](CO)c2ccccc2)C(=O)[C@@H]2[C@@H](C(=O)NCc3ccccc3)[C@@]3(C)CCC12S3. The standard InChI is InChI=1S/C34H45N3O4S/c1-31(2,3)21-32(4,5)36-29(40)27-34-18-17-33(6,42-34)25(28(39)35-19-22-13-9-7-10-14-22)26(34)30(41)37(27)24(20-38)23-15-11-8-12-16-23/h7-16,24-27,38H,17-21H2,1-6H3,(H,35,39)(H,36,40)/t24-,25+,26+,27?,33-,34?/m1/s1. The fourth-order valence-electron chi connectivity index (χ4n) is 8.10. The third-order valence-corrected chi connectivity index (χ3v) is 11.2. The lowest BCUT2D eigenvalue weighted by Crippen LogP contribution is -2.59. The molecule has 3 N–H and O–H groups in total. The first-order chi connectivity index (χ1) is 19.7. The Bertz CT molecular complexity index is 1330. The number of hydrogen-bond acceptors (Lipinski definition) is 5. The quantitative estimate of drug-likeness (QED) is 0.387. The highest BCUT2D eigenvalue weighted by atomic mass is 32.2. The summed E-state index contributed by atoms with van der Waals surface area (Å²) in [6.07, 6.45) is 2.15. The van der Waals surface area contributed by atoms with E-state index in [0.717, 1.165) is 24.0 Å². The van der Waals surface area contributed by atoms with Crippen LogP contribution in [0.1, 0.15) is 78.0 Å². The molecule has 0 saturated carbocycles. The lowest BCUT2D eigenvalue weighted by molar-refractivity contribution is -0.143. The molecule has 2 aromatic carbocycles. The smallest absolute Gasteiger partial charge is 0.244 e. The lowest BCUT2D eigenvalue weighted by atomic mass is 9.66.